The van der Waals surface area contributed by atoms with Crippen molar-refractivity contribution in [3.63, 3.8) is 0 Å². The number of hydrogen-bond acceptors (Lipinski definition) is 3. The van der Waals surface area contributed by atoms with E-state index in [0.29, 0.717) is 23.3 Å². The lowest BCUT2D eigenvalue weighted by molar-refractivity contribution is 0.620. The molecule has 0 N–H and O–H groups in total. The van der Waals surface area contributed by atoms with Crippen LogP contribution in [0.25, 0.3) is 11.0 Å². The Morgan fingerprint density at radius 3 is 2.81 bits per heavy atom. The summed E-state index contributed by atoms with van der Waals surface area (Å²) < 4.78 is 18.0. The number of alkyl halides is 1. The molecule has 110 valence electrons. The molecule has 0 fully saturated rings. The molecule has 0 amide bonds. The molecule has 1 aromatic carbocycles. The monoisotopic (exact) mass is 371 g/mol. The summed E-state index contributed by atoms with van der Waals surface area (Å²) in [5.74, 6) is 1.71. The SMILES string of the molecule is Cn1cnnc1Cn1c(CCCl)nc2cc(Br)c(F)cc21. The van der Waals surface area contributed by atoms with E-state index in [1.807, 2.05) is 16.2 Å². The minimum atomic E-state index is -0.320. The third-order valence-electron chi connectivity index (χ3n) is 3.29. The average molecular weight is 373 g/mol. The van der Waals surface area contributed by atoms with Crippen molar-refractivity contribution in [3.8, 4) is 0 Å². The predicted octanol–water partition coefficient (Wildman–Crippen LogP) is 2.90. The van der Waals surface area contributed by atoms with Crippen molar-refractivity contribution in [1.82, 2.24) is 24.3 Å². The van der Waals surface area contributed by atoms with Crippen molar-refractivity contribution < 1.29 is 4.39 Å². The molecule has 2 aromatic heterocycles. The third kappa shape index (κ3) is 2.67. The van der Waals surface area contributed by atoms with Crippen LogP contribution in [0, 0.1) is 5.82 Å². The largest absolute Gasteiger partial charge is 0.320 e. The van der Waals surface area contributed by atoms with E-state index in [2.05, 4.69) is 31.1 Å². The standard InChI is InChI=1S/C13H12BrClFN5/c1-20-7-17-19-13(20)6-21-11-5-9(16)8(14)4-10(11)18-12(21)2-3-15/h4-5,7H,2-3,6H2,1H3. The van der Waals surface area contributed by atoms with Crippen molar-refractivity contribution in [3.05, 3.63) is 40.4 Å². The summed E-state index contributed by atoms with van der Waals surface area (Å²) >= 11 is 9.03. The number of nitrogens with zero attached hydrogens (tertiary/aromatic N) is 5. The topological polar surface area (TPSA) is 48.5 Å². The van der Waals surface area contributed by atoms with Crippen LogP contribution < -0.4 is 0 Å². The van der Waals surface area contributed by atoms with Crippen LogP contribution in [0.2, 0.25) is 0 Å². The fraction of sp³-hybridized carbons (Fsp3) is 0.308. The Morgan fingerprint density at radius 2 is 2.14 bits per heavy atom. The Morgan fingerprint density at radius 1 is 1.33 bits per heavy atom. The van der Waals surface area contributed by atoms with Gasteiger partial charge in [-0.25, -0.2) is 9.37 Å². The molecule has 0 aliphatic heterocycles. The molecule has 0 atom stereocenters. The van der Waals surface area contributed by atoms with E-state index in [1.54, 1.807) is 12.4 Å². The number of fused-ring (bicyclic) bond motifs is 1. The normalized spacial score (nSPS) is 11.4. The second kappa shape index (κ2) is 5.73. The van der Waals surface area contributed by atoms with Crippen LogP contribution in [0.1, 0.15) is 11.6 Å². The summed E-state index contributed by atoms with van der Waals surface area (Å²) in [6.45, 7) is 0.473. The average Bonchev–Trinajstić information content (AvgIpc) is 2.98. The van der Waals surface area contributed by atoms with Gasteiger partial charge in [0.05, 0.1) is 22.1 Å². The van der Waals surface area contributed by atoms with Gasteiger partial charge in [-0.05, 0) is 22.0 Å². The van der Waals surface area contributed by atoms with Crippen molar-refractivity contribution in [1.29, 1.82) is 0 Å². The molecule has 21 heavy (non-hydrogen) atoms. The molecular weight excluding hydrogens is 361 g/mol. The van der Waals surface area contributed by atoms with Crippen LogP contribution in [0.4, 0.5) is 4.39 Å². The smallest absolute Gasteiger partial charge is 0.152 e. The molecule has 2 heterocycles. The van der Waals surface area contributed by atoms with E-state index in [0.717, 1.165) is 22.7 Å². The van der Waals surface area contributed by atoms with Crippen LogP contribution in [0.5, 0.6) is 0 Å². The zero-order valence-electron chi connectivity index (χ0n) is 11.2. The highest BCUT2D eigenvalue weighted by molar-refractivity contribution is 9.10. The van der Waals surface area contributed by atoms with E-state index in [-0.39, 0.29) is 5.82 Å². The second-order valence-corrected chi connectivity index (χ2v) is 5.90. The summed E-state index contributed by atoms with van der Waals surface area (Å²) in [6.07, 6.45) is 2.24. The van der Waals surface area contributed by atoms with Crippen molar-refractivity contribution in [2.45, 2.75) is 13.0 Å². The van der Waals surface area contributed by atoms with Crippen LogP contribution >= 0.6 is 27.5 Å². The first-order chi connectivity index (χ1) is 10.1. The Kier molecular flexibility index (Phi) is 3.95. The van der Waals surface area contributed by atoms with Gasteiger partial charge in [0.1, 0.15) is 18.0 Å². The van der Waals surface area contributed by atoms with E-state index in [9.17, 15) is 4.39 Å². The molecule has 0 saturated carbocycles. The Labute approximate surface area is 133 Å². The number of rotatable bonds is 4. The number of halogens is 3. The molecule has 0 radical (unpaired) electrons. The first-order valence-electron chi connectivity index (χ1n) is 6.33. The van der Waals surface area contributed by atoms with Gasteiger partial charge in [0, 0.05) is 25.4 Å². The van der Waals surface area contributed by atoms with E-state index in [1.165, 1.54) is 6.07 Å². The number of benzene rings is 1. The Bertz CT molecular complexity index is 797. The summed E-state index contributed by atoms with van der Waals surface area (Å²) in [5, 5.41) is 7.93. The predicted molar refractivity (Wildman–Crippen MR) is 81.9 cm³/mol. The van der Waals surface area contributed by atoms with Gasteiger partial charge in [0.15, 0.2) is 5.82 Å². The quantitative estimate of drug-likeness (QED) is 0.662. The molecule has 0 spiro atoms. The molecular formula is C13H12BrClFN5. The van der Waals surface area contributed by atoms with Gasteiger partial charge in [-0.1, -0.05) is 0 Å². The summed E-state index contributed by atoms with van der Waals surface area (Å²) in [4.78, 5) is 4.54. The van der Waals surface area contributed by atoms with Gasteiger partial charge in [-0.2, -0.15) is 0 Å². The fourth-order valence-electron chi connectivity index (χ4n) is 2.21. The lowest BCUT2D eigenvalue weighted by Crippen LogP contribution is -2.10. The van der Waals surface area contributed by atoms with Crippen LogP contribution in [-0.2, 0) is 20.0 Å². The third-order valence-corrected chi connectivity index (χ3v) is 4.09. The van der Waals surface area contributed by atoms with Gasteiger partial charge in [-0.15, -0.1) is 21.8 Å². The molecule has 3 aromatic rings. The molecule has 0 bridgehead atoms. The molecule has 3 rings (SSSR count). The highest BCUT2D eigenvalue weighted by atomic mass is 79.9. The van der Waals surface area contributed by atoms with E-state index < -0.39 is 0 Å². The van der Waals surface area contributed by atoms with Crippen LogP contribution in [0.15, 0.2) is 22.9 Å². The summed E-state index contributed by atoms with van der Waals surface area (Å²) in [7, 11) is 1.87. The summed E-state index contributed by atoms with van der Waals surface area (Å²) in [5.41, 5.74) is 1.45. The Hall–Kier alpha value is -1.47. The van der Waals surface area contributed by atoms with Gasteiger partial charge >= 0.3 is 0 Å². The minimum absolute atomic E-state index is 0.320. The van der Waals surface area contributed by atoms with Gasteiger partial charge in [0.2, 0.25) is 0 Å². The first kappa shape index (κ1) is 14.5. The van der Waals surface area contributed by atoms with Crippen molar-refractivity contribution in [2.24, 2.45) is 7.05 Å². The molecule has 0 saturated heterocycles. The van der Waals surface area contributed by atoms with Crippen LogP contribution in [0.3, 0.4) is 0 Å². The van der Waals surface area contributed by atoms with Gasteiger partial charge in [0.25, 0.3) is 0 Å². The minimum Gasteiger partial charge on any atom is -0.320 e. The zero-order valence-corrected chi connectivity index (χ0v) is 13.6. The highest BCUT2D eigenvalue weighted by Crippen LogP contribution is 2.25. The molecule has 0 aliphatic rings. The zero-order chi connectivity index (χ0) is 15.0. The maximum Gasteiger partial charge on any atom is 0.152 e. The Balaban J connectivity index is 2.15. The summed E-state index contributed by atoms with van der Waals surface area (Å²) in [6, 6.07) is 3.15. The number of aryl methyl sites for hydroxylation is 2. The number of hydrogen-bond donors (Lipinski definition) is 0. The van der Waals surface area contributed by atoms with Crippen molar-refractivity contribution >= 4 is 38.6 Å². The second-order valence-electron chi connectivity index (χ2n) is 4.67. The lowest BCUT2D eigenvalue weighted by Gasteiger charge is -2.08. The molecule has 8 heteroatoms. The van der Waals surface area contributed by atoms with Gasteiger partial charge in [-0.3, -0.25) is 0 Å². The van der Waals surface area contributed by atoms with E-state index in [4.69, 9.17) is 11.6 Å². The molecule has 0 aliphatic carbocycles. The molecule has 0 unspecified atom stereocenters. The number of imidazole rings is 1. The lowest BCUT2D eigenvalue weighted by atomic mass is 10.3. The molecule has 5 nitrogen and oxygen atoms in total. The van der Waals surface area contributed by atoms with Gasteiger partial charge < -0.3 is 9.13 Å². The van der Waals surface area contributed by atoms with Crippen LogP contribution in [-0.4, -0.2) is 30.2 Å². The maximum absolute atomic E-state index is 13.8. The van der Waals surface area contributed by atoms with Crippen molar-refractivity contribution in [2.75, 3.05) is 5.88 Å². The van der Waals surface area contributed by atoms with E-state index >= 15 is 0 Å². The fourth-order valence-corrected chi connectivity index (χ4v) is 2.71. The first-order valence-corrected chi connectivity index (χ1v) is 7.66. The number of aromatic nitrogens is 5. The maximum atomic E-state index is 13.8. The highest BCUT2D eigenvalue weighted by Gasteiger charge is 2.15.